The number of alkyl halides is 3. The maximum absolute atomic E-state index is 12.8. The van der Waals surface area contributed by atoms with Gasteiger partial charge < -0.3 is 5.32 Å². The second-order valence-corrected chi connectivity index (χ2v) is 5.46. The van der Waals surface area contributed by atoms with E-state index in [9.17, 15) is 13.2 Å². The van der Waals surface area contributed by atoms with Crippen molar-refractivity contribution in [3.05, 3.63) is 63.1 Å². The van der Waals surface area contributed by atoms with Crippen molar-refractivity contribution in [2.75, 3.05) is 5.32 Å². The van der Waals surface area contributed by atoms with E-state index in [2.05, 4.69) is 5.32 Å². The van der Waals surface area contributed by atoms with Crippen molar-refractivity contribution in [3.8, 4) is 0 Å². The molecule has 0 aromatic heterocycles. The lowest BCUT2D eigenvalue weighted by Gasteiger charge is -2.14. The van der Waals surface area contributed by atoms with Gasteiger partial charge in [0.15, 0.2) is 0 Å². The second kappa shape index (κ2) is 6.16. The van der Waals surface area contributed by atoms with E-state index in [-0.39, 0.29) is 5.56 Å². The first-order valence-corrected chi connectivity index (χ1v) is 6.88. The average Bonchev–Trinajstić information content (AvgIpc) is 2.38. The van der Waals surface area contributed by atoms with E-state index in [1.807, 2.05) is 0 Å². The van der Waals surface area contributed by atoms with Crippen LogP contribution < -0.4 is 5.32 Å². The highest BCUT2D eigenvalue weighted by atomic mass is 35.5. The molecule has 1 nitrogen and oxygen atoms in total. The minimum absolute atomic E-state index is 0.192. The van der Waals surface area contributed by atoms with Crippen LogP contribution in [0.3, 0.4) is 0 Å². The number of anilines is 1. The van der Waals surface area contributed by atoms with E-state index < -0.39 is 11.7 Å². The quantitative estimate of drug-likeness (QED) is 0.733. The van der Waals surface area contributed by atoms with Crippen LogP contribution in [0.5, 0.6) is 0 Å². The highest BCUT2D eigenvalue weighted by Crippen LogP contribution is 2.33. The van der Waals surface area contributed by atoms with Crippen molar-refractivity contribution >= 4 is 28.9 Å². The third-order valence-corrected chi connectivity index (χ3v) is 3.63. The van der Waals surface area contributed by atoms with E-state index in [0.29, 0.717) is 22.3 Å². The van der Waals surface area contributed by atoms with Gasteiger partial charge in [-0.25, -0.2) is 0 Å². The summed E-state index contributed by atoms with van der Waals surface area (Å²) in [5.41, 5.74) is 0.696. The zero-order valence-electron chi connectivity index (χ0n) is 11.1. The molecule has 0 spiro atoms. The highest BCUT2D eigenvalue weighted by molar-refractivity contribution is 6.35. The van der Waals surface area contributed by atoms with Crippen LogP contribution in [0.15, 0.2) is 36.4 Å². The molecule has 0 bridgehead atoms. The van der Waals surface area contributed by atoms with Gasteiger partial charge in [-0.2, -0.15) is 13.2 Å². The average molecular weight is 334 g/mol. The Morgan fingerprint density at radius 1 is 1.05 bits per heavy atom. The Kier molecular flexibility index (Phi) is 4.69. The van der Waals surface area contributed by atoms with Crippen LogP contribution in [0, 0.1) is 6.92 Å². The smallest absolute Gasteiger partial charge is 0.381 e. The monoisotopic (exact) mass is 333 g/mol. The van der Waals surface area contributed by atoms with Gasteiger partial charge in [-0.05, 0) is 42.3 Å². The van der Waals surface area contributed by atoms with Crippen LogP contribution in [0.2, 0.25) is 10.0 Å². The maximum Gasteiger partial charge on any atom is 0.416 e. The molecule has 0 aliphatic rings. The van der Waals surface area contributed by atoms with E-state index in [1.165, 1.54) is 13.0 Å². The molecule has 0 saturated carbocycles. The Hall–Kier alpha value is -1.39. The molecule has 112 valence electrons. The molecule has 0 aliphatic carbocycles. The Labute approximate surface area is 130 Å². The van der Waals surface area contributed by atoms with Gasteiger partial charge in [0.2, 0.25) is 0 Å². The molecule has 0 fully saturated rings. The number of hydrogen-bond acceptors (Lipinski definition) is 1. The summed E-state index contributed by atoms with van der Waals surface area (Å²) in [5, 5.41) is 3.92. The van der Waals surface area contributed by atoms with Crippen LogP contribution in [-0.2, 0) is 12.7 Å². The largest absolute Gasteiger partial charge is 0.416 e. The van der Waals surface area contributed by atoms with E-state index in [4.69, 9.17) is 23.2 Å². The zero-order chi connectivity index (χ0) is 15.6. The Bertz CT molecular complexity index is 654. The minimum atomic E-state index is -4.36. The molecule has 6 heteroatoms. The van der Waals surface area contributed by atoms with Crippen molar-refractivity contribution in [3.63, 3.8) is 0 Å². The number of benzene rings is 2. The van der Waals surface area contributed by atoms with Crippen molar-refractivity contribution in [2.24, 2.45) is 0 Å². The fraction of sp³-hybridized carbons (Fsp3) is 0.200. The van der Waals surface area contributed by atoms with Gasteiger partial charge in [-0.15, -0.1) is 0 Å². The fourth-order valence-corrected chi connectivity index (χ4v) is 2.38. The lowest BCUT2D eigenvalue weighted by atomic mass is 10.1. The molecule has 0 unspecified atom stereocenters. The molecule has 21 heavy (non-hydrogen) atoms. The normalized spacial score (nSPS) is 11.5. The summed E-state index contributed by atoms with van der Waals surface area (Å²) in [7, 11) is 0. The molecular formula is C15H12Cl2F3N. The number of rotatable bonds is 3. The molecule has 0 radical (unpaired) electrons. The van der Waals surface area contributed by atoms with E-state index in [0.717, 1.165) is 11.6 Å². The molecule has 0 aliphatic heterocycles. The van der Waals surface area contributed by atoms with Gasteiger partial charge in [0.05, 0.1) is 5.56 Å². The molecule has 2 aromatic rings. The SMILES string of the molecule is Cc1ccc(NCc2ccc(Cl)cc2Cl)cc1C(F)(F)F. The Morgan fingerprint density at radius 3 is 2.38 bits per heavy atom. The number of aryl methyl sites for hydroxylation is 1. The minimum Gasteiger partial charge on any atom is -0.381 e. The van der Waals surface area contributed by atoms with Crippen molar-refractivity contribution < 1.29 is 13.2 Å². The third kappa shape index (κ3) is 4.05. The predicted octanol–water partition coefficient (Wildman–Crippen LogP) is 5.93. The number of halogens is 5. The van der Waals surface area contributed by atoms with Crippen LogP contribution in [0.25, 0.3) is 0 Å². The molecule has 2 aromatic carbocycles. The summed E-state index contributed by atoms with van der Waals surface area (Å²) in [6, 6.07) is 9.15. The molecular weight excluding hydrogens is 322 g/mol. The van der Waals surface area contributed by atoms with Crippen LogP contribution >= 0.6 is 23.2 Å². The van der Waals surface area contributed by atoms with Crippen molar-refractivity contribution in [1.82, 2.24) is 0 Å². The van der Waals surface area contributed by atoms with E-state index in [1.54, 1.807) is 24.3 Å². The molecule has 1 N–H and O–H groups in total. The van der Waals surface area contributed by atoms with Crippen molar-refractivity contribution in [1.29, 1.82) is 0 Å². The molecule has 0 amide bonds. The summed E-state index contributed by atoms with van der Waals surface area (Å²) < 4.78 is 38.5. The van der Waals surface area contributed by atoms with Crippen LogP contribution in [0.4, 0.5) is 18.9 Å². The number of hydrogen-bond donors (Lipinski definition) is 1. The summed E-state index contributed by atoms with van der Waals surface area (Å²) in [6.07, 6.45) is -4.36. The van der Waals surface area contributed by atoms with Gasteiger partial charge in [0.25, 0.3) is 0 Å². The summed E-state index contributed by atoms with van der Waals surface area (Å²) in [4.78, 5) is 0. The Morgan fingerprint density at radius 2 is 1.76 bits per heavy atom. The molecule has 0 saturated heterocycles. The number of nitrogens with one attached hydrogen (secondary N) is 1. The second-order valence-electron chi connectivity index (χ2n) is 4.62. The Balaban J connectivity index is 2.17. The van der Waals surface area contributed by atoms with Crippen LogP contribution in [-0.4, -0.2) is 0 Å². The first-order chi connectivity index (χ1) is 9.77. The van der Waals surface area contributed by atoms with Gasteiger partial charge in [0.1, 0.15) is 0 Å². The molecule has 0 atom stereocenters. The standard InChI is InChI=1S/C15H12Cl2F3N/c1-9-2-5-12(7-13(9)15(18,19)20)21-8-10-3-4-11(16)6-14(10)17/h2-7,21H,8H2,1H3. The molecule has 0 heterocycles. The third-order valence-electron chi connectivity index (χ3n) is 3.04. The lowest BCUT2D eigenvalue weighted by Crippen LogP contribution is -2.09. The van der Waals surface area contributed by atoms with Gasteiger partial charge in [-0.1, -0.05) is 35.3 Å². The maximum atomic E-state index is 12.8. The first-order valence-electron chi connectivity index (χ1n) is 6.13. The van der Waals surface area contributed by atoms with Crippen molar-refractivity contribution in [2.45, 2.75) is 19.6 Å². The topological polar surface area (TPSA) is 12.0 Å². The zero-order valence-corrected chi connectivity index (χ0v) is 12.6. The summed E-state index contributed by atoms with van der Waals surface area (Å²) >= 11 is 11.8. The van der Waals surface area contributed by atoms with Gasteiger partial charge in [-0.3, -0.25) is 0 Å². The van der Waals surface area contributed by atoms with E-state index >= 15 is 0 Å². The lowest BCUT2D eigenvalue weighted by molar-refractivity contribution is -0.138. The van der Waals surface area contributed by atoms with Gasteiger partial charge >= 0.3 is 6.18 Å². The first kappa shape index (κ1) is 16.0. The molecule has 2 rings (SSSR count). The fourth-order valence-electron chi connectivity index (χ4n) is 1.90. The predicted molar refractivity (Wildman–Crippen MR) is 80.0 cm³/mol. The summed E-state index contributed by atoms with van der Waals surface area (Å²) in [6.45, 7) is 1.75. The van der Waals surface area contributed by atoms with Crippen LogP contribution in [0.1, 0.15) is 16.7 Å². The highest BCUT2D eigenvalue weighted by Gasteiger charge is 2.32. The summed E-state index contributed by atoms with van der Waals surface area (Å²) in [5.74, 6) is 0. The van der Waals surface area contributed by atoms with Gasteiger partial charge in [0, 0.05) is 22.3 Å².